The first-order valence-corrected chi connectivity index (χ1v) is 11.0. The average Bonchev–Trinajstić information content (AvgIpc) is 2.95. The lowest BCUT2D eigenvalue weighted by atomic mass is 9.54. The Morgan fingerprint density at radius 1 is 1.29 bits per heavy atom. The summed E-state index contributed by atoms with van der Waals surface area (Å²) in [5, 5.41) is 0. The number of hydrogen-bond donors (Lipinski definition) is 0. The van der Waals surface area contributed by atoms with Crippen molar-refractivity contribution >= 4 is 6.21 Å². The van der Waals surface area contributed by atoms with Crippen LogP contribution < -0.4 is 0 Å². The maximum absolute atomic E-state index is 4.11. The monoisotopic (exact) mass is 373 g/mol. The predicted molar refractivity (Wildman–Crippen MR) is 121 cm³/mol. The van der Waals surface area contributed by atoms with Gasteiger partial charge in [0.05, 0.1) is 0 Å². The summed E-state index contributed by atoms with van der Waals surface area (Å²) in [6.07, 6.45) is 14.9. The Balaban J connectivity index is 1.66. The SMILES string of the molecule is C=CC(=C\C=NC)/C=C1\CC2C3CCc4cc(C)ccc4C3CCC2(C)C1C. The first kappa shape index (κ1) is 19.4. The molecule has 0 saturated heterocycles. The van der Waals surface area contributed by atoms with Gasteiger partial charge in [-0.3, -0.25) is 4.99 Å². The number of fused-ring (bicyclic) bond motifs is 5. The summed E-state index contributed by atoms with van der Waals surface area (Å²) in [4.78, 5) is 4.11. The Bertz CT molecular complexity index is 855. The Labute approximate surface area is 171 Å². The number of hydrogen-bond acceptors (Lipinski definition) is 1. The van der Waals surface area contributed by atoms with Crippen LogP contribution in [0.5, 0.6) is 0 Å². The zero-order valence-electron chi connectivity index (χ0n) is 18.0. The molecule has 0 heterocycles. The molecule has 0 aliphatic heterocycles. The maximum Gasteiger partial charge on any atom is 0.0277 e. The Morgan fingerprint density at radius 3 is 2.86 bits per heavy atom. The van der Waals surface area contributed by atoms with Gasteiger partial charge in [0.15, 0.2) is 0 Å². The van der Waals surface area contributed by atoms with Gasteiger partial charge in [0.25, 0.3) is 0 Å². The van der Waals surface area contributed by atoms with Gasteiger partial charge >= 0.3 is 0 Å². The summed E-state index contributed by atoms with van der Waals surface area (Å²) in [6, 6.07) is 7.22. The summed E-state index contributed by atoms with van der Waals surface area (Å²) >= 11 is 0. The van der Waals surface area contributed by atoms with Crippen LogP contribution in [0, 0.1) is 30.1 Å². The van der Waals surface area contributed by atoms with Gasteiger partial charge in [-0.25, -0.2) is 0 Å². The number of rotatable bonds is 3. The molecule has 5 atom stereocenters. The lowest BCUT2D eigenvalue weighted by molar-refractivity contribution is 0.0350. The standard InChI is InChI=1S/C27H35N/c1-6-20(12-14-28-5)16-22-17-26-25-10-8-21-15-18(2)7-9-23(21)24(25)11-13-27(26,4)19(22)3/h6-7,9,12,14-16,19,24-26H,1,8,10-11,13,17H2,2-5H3/b20-12+,22-16+,28-14?. The van der Waals surface area contributed by atoms with Gasteiger partial charge in [-0.15, -0.1) is 0 Å². The number of allylic oxidation sites excluding steroid dienone is 5. The minimum atomic E-state index is 0.445. The van der Waals surface area contributed by atoms with E-state index < -0.39 is 0 Å². The number of aliphatic imine (C=N–C) groups is 1. The highest BCUT2D eigenvalue weighted by Gasteiger charge is 2.54. The Kier molecular flexibility index (Phi) is 5.21. The number of benzene rings is 1. The van der Waals surface area contributed by atoms with E-state index in [4.69, 9.17) is 0 Å². The lowest BCUT2D eigenvalue weighted by Gasteiger charge is -2.50. The normalized spacial score (nSPS) is 36.3. The van der Waals surface area contributed by atoms with Crippen LogP contribution in [-0.2, 0) is 6.42 Å². The molecular formula is C27H35N. The molecule has 0 amide bonds. The van der Waals surface area contributed by atoms with Crippen molar-refractivity contribution in [1.29, 1.82) is 0 Å². The third kappa shape index (κ3) is 3.13. The zero-order chi connectivity index (χ0) is 19.9. The van der Waals surface area contributed by atoms with E-state index in [1.807, 2.05) is 19.3 Å². The summed E-state index contributed by atoms with van der Waals surface area (Å²) in [5.41, 5.74) is 7.97. The topological polar surface area (TPSA) is 12.4 Å². The molecule has 0 aromatic heterocycles. The summed E-state index contributed by atoms with van der Waals surface area (Å²) in [6.45, 7) is 11.3. The maximum atomic E-state index is 4.11. The van der Waals surface area contributed by atoms with Gasteiger partial charge < -0.3 is 0 Å². The molecule has 1 nitrogen and oxygen atoms in total. The quantitative estimate of drug-likeness (QED) is 0.406. The molecule has 1 aromatic carbocycles. The molecule has 4 rings (SSSR count). The van der Waals surface area contributed by atoms with Crippen molar-refractivity contribution in [3.05, 3.63) is 70.8 Å². The van der Waals surface area contributed by atoms with Crippen molar-refractivity contribution in [3.8, 4) is 0 Å². The smallest absolute Gasteiger partial charge is 0.0277 e. The highest BCUT2D eigenvalue weighted by Crippen LogP contribution is 2.64. The zero-order valence-corrected chi connectivity index (χ0v) is 18.0. The van der Waals surface area contributed by atoms with Crippen molar-refractivity contribution in [3.63, 3.8) is 0 Å². The second-order valence-electron chi connectivity index (χ2n) is 9.59. The fourth-order valence-corrected chi connectivity index (χ4v) is 6.57. The van der Waals surface area contributed by atoms with Gasteiger partial charge in [0.1, 0.15) is 0 Å². The van der Waals surface area contributed by atoms with Crippen LogP contribution in [0.25, 0.3) is 0 Å². The van der Waals surface area contributed by atoms with Gasteiger partial charge in [-0.1, -0.05) is 61.9 Å². The third-order valence-electron chi connectivity index (χ3n) is 8.32. The molecule has 1 heteroatoms. The fourth-order valence-electron chi connectivity index (χ4n) is 6.57. The van der Waals surface area contributed by atoms with Crippen LogP contribution in [0.15, 0.2) is 59.1 Å². The van der Waals surface area contributed by atoms with E-state index in [0.29, 0.717) is 11.3 Å². The molecule has 0 bridgehead atoms. The summed E-state index contributed by atoms with van der Waals surface area (Å²) in [5.74, 6) is 3.08. The molecular weight excluding hydrogens is 338 g/mol. The van der Waals surface area contributed by atoms with Crippen LogP contribution in [0.3, 0.4) is 0 Å². The van der Waals surface area contributed by atoms with Crippen molar-refractivity contribution in [2.45, 2.75) is 58.8 Å². The van der Waals surface area contributed by atoms with E-state index >= 15 is 0 Å². The number of aryl methyl sites for hydroxylation is 2. The molecule has 148 valence electrons. The van der Waals surface area contributed by atoms with E-state index in [2.05, 4.69) is 62.7 Å². The molecule has 3 aliphatic rings. The molecule has 5 unspecified atom stereocenters. The van der Waals surface area contributed by atoms with E-state index in [9.17, 15) is 0 Å². The van der Waals surface area contributed by atoms with Crippen LogP contribution in [-0.4, -0.2) is 13.3 Å². The van der Waals surface area contributed by atoms with E-state index in [1.165, 1.54) is 43.2 Å². The van der Waals surface area contributed by atoms with Crippen LogP contribution in [0.2, 0.25) is 0 Å². The average molecular weight is 374 g/mol. The number of nitrogens with zero attached hydrogens (tertiary/aromatic N) is 1. The van der Waals surface area contributed by atoms with Crippen molar-refractivity contribution in [2.75, 3.05) is 7.05 Å². The first-order valence-electron chi connectivity index (χ1n) is 11.0. The van der Waals surface area contributed by atoms with Crippen molar-refractivity contribution in [1.82, 2.24) is 0 Å². The first-order chi connectivity index (χ1) is 13.5. The molecule has 28 heavy (non-hydrogen) atoms. The molecule has 0 spiro atoms. The van der Waals surface area contributed by atoms with E-state index in [-0.39, 0.29) is 0 Å². The fraction of sp³-hybridized carbons (Fsp3) is 0.519. The van der Waals surface area contributed by atoms with E-state index in [0.717, 1.165) is 17.8 Å². The molecule has 3 aliphatic carbocycles. The molecule has 2 saturated carbocycles. The van der Waals surface area contributed by atoms with Gasteiger partial charge in [-0.05, 0) is 90.9 Å². The van der Waals surface area contributed by atoms with Crippen molar-refractivity contribution < 1.29 is 0 Å². The molecule has 0 radical (unpaired) electrons. The summed E-state index contributed by atoms with van der Waals surface area (Å²) in [7, 11) is 1.82. The Hall–Kier alpha value is -1.89. The highest BCUT2D eigenvalue weighted by atomic mass is 14.6. The minimum Gasteiger partial charge on any atom is -0.296 e. The van der Waals surface area contributed by atoms with Crippen LogP contribution >= 0.6 is 0 Å². The van der Waals surface area contributed by atoms with E-state index in [1.54, 1.807) is 16.7 Å². The second-order valence-corrected chi connectivity index (χ2v) is 9.59. The second kappa shape index (κ2) is 7.50. The molecule has 0 N–H and O–H groups in total. The highest BCUT2D eigenvalue weighted by molar-refractivity contribution is 5.74. The molecule has 2 fully saturated rings. The Morgan fingerprint density at radius 2 is 2.11 bits per heavy atom. The van der Waals surface area contributed by atoms with Crippen LogP contribution in [0.4, 0.5) is 0 Å². The minimum absolute atomic E-state index is 0.445. The lowest BCUT2D eigenvalue weighted by Crippen LogP contribution is -2.41. The van der Waals surface area contributed by atoms with Gasteiger partial charge in [0, 0.05) is 13.3 Å². The largest absolute Gasteiger partial charge is 0.296 e. The molecule has 1 aromatic rings. The predicted octanol–water partition coefficient (Wildman–Crippen LogP) is 6.84. The van der Waals surface area contributed by atoms with Gasteiger partial charge in [0.2, 0.25) is 0 Å². The van der Waals surface area contributed by atoms with Crippen molar-refractivity contribution in [2.24, 2.45) is 28.2 Å². The van der Waals surface area contributed by atoms with Gasteiger partial charge in [-0.2, -0.15) is 0 Å². The van der Waals surface area contributed by atoms with Crippen LogP contribution in [0.1, 0.15) is 62.1 Å². The third-order valence-corrected chi connectivity index (χ3v) is 8.32. The summed E-state index contributed by atoms with van der Waals surface area (Å²) < 4.78 is 0.